The first-order chi connectivity index (χ1) is 9.92. The van der Waals surface area contributed by atoms with E-state index in [9.17, 15) is 0 Å². The molecule has 3 unspecified atom stereocenters. The predicted octanol–water partition coefficient (Wildman–Crippen LogP) is 2.43. The van der Waals surface area contributed by atoms with Crippen LogP contribution in [0.1, 0.15) is 50.7 Å². The van der Waals surface area contributed by atoms with Crippen molar-refractivity contribution in [3.63, 3.8) is 0 Å². The van der Waals surface area contributed by atoms with Gasteiger partial charge in [-0.2, -0.15) is 0 Å². The van der Waals surface area contributed by atoms with E-state index in [4.69, 9.17) is 10.2 Å². The molecule has 3 atom stereocenters. The molecule has 0 amide bonds. The summed E-state index contributed by atoms with van der Waals surface area (Å²) in [5.74, 6) is 3.63. The first-order valence-corrected chi connectivity index (χ1v) is 8.17. The summed E-state index contributed by atoms with van der Waals surface area (Å²) in [7, 11) is 2.20. The number of rotatable bonds is 4. The third kappa shape index (κ3) is 2.89. The van der Waals surface area contributed by atoms with Crippen molar-refractivity contribution in [2.24, 2.45) is 11.7 Å². The Morgan fingerprint density at radius 3 is 2.67 bits per heavy atom. The molecule has 3 rings (SSSR count). The lowest BCUT2D eigenvalue weighted by molar-refractivity contribution is 0.0131. The molecule has 1 aromatic heterocycles. The van der Waals surface area contributed by atoms with E-state index in [0.29, 0.717) is 12.5 Å². The largest absolute Gasteiger partial charge is 0.464 e. The zero-order valence-corrected chi connectivity index (χ0v) is 13.8. The van der Waals surface area contributed by atoms with Crippen LogP contribution in [0.3, 0.4) is 0 Å². The van der Waals surface area contributed by atoms with Gasteiger partial charge >= 0.3 is 0 Å². The fourth-order valence-corrected chi connectivity index (χ4v) is 3.45. The Kier molecular flexibility index (Phi) is 3.89. The van der Waals surface area contributed by atoms with Gasteiger partial charge < -0.3 is 10.2 Å². The summed E-state index contributed by atoms with van der Waals surface area (Å²) in [6, 6.07) is 4.51. The Balaban J connectivity index is 1.74. The first-order valence-electron chi connectivity index (χ1n) is 8.17. The molecule has 1 saturated carbocycles. The zero-order chi connectivity index (χ0) is 15.2. The second-order valence-corrected chi connectivity index (χ2v) is 7.52. The molecule has 0 aromatic carbocycles. The van der Waals surface area contributed by atoms with E-state index in [1.807, 2.05) is 0 Å². The molecular formula is C17H29N3O. The Bertz CT molecular complexity index is 496. The molecule has 21 heavy (non-hydrogen) atoms. The van der Waals surface area contributed by atoms with Crippen LogP contribution in [0.5, 0.6) is 0 Å². The number of likely N-dealkylation sites (N-methyl/N-ethyl adjacent to an activating group) is 1. The number of nitrogens with two attached hydrogens (primary N) is 1. The summed E-state index contributed by atoms with van der Waals surface area (Å²) in [4.78, 5) is 4.91. The van der Waals surface area contributed by atoms with Gasteiger partial charge in [0.1, 0.15) is 11.5 Å². The Hall–Kier alpha value is -0.840. The third-order valence-electron chi connectivity index (χ3n) is 5.46. The van der Waals surface area contributed by atoms with Gasteiger partial charge in [-0.15, -0.1) is 0 Å². The lowest BCUT2D eigenvalue weighted by Crippen LogP contribution is -2.58. The van der Waals surface area contributed by atoms with Crippen molar-refractivity contribution in [3.05, 3.63) is 23.7 Å². The van der Waals surface area contributed by atoms with Crippen LogP contribution in [-0.4, -0.2) is 48.6 Å². The molecule has 4 nitrogen and oxygen atoms in total. The Labute approximate surface area is 128 Å². The van der Waals surface area contributed by atoms with Gasteiger partial charge in [-0.1, -0.05) is 6.92 Å². The van der Waals surface area contributed by atoms with Crippen molar-refractivity contribution in [3.8, 4) is 0 Å². The number of nitrogens with zero attached hydrogens (tertiary/aromatic N) is 2. The van der Waals surface area contributed by atoms with E-state index < -0.39 is 0 Å². The van der Waals surface area contributed by atoms with Crippen LogP contribution in [0.2, 0.25) is 0 Å². The van der Waals surface area contributed by atoms with Crippen molar-refractivity contribution in [1.29, 1.82) is 0 Å². The van der Waals surface area contributed by atoms with Crippen molar-refractivity contribution < 1.29 is 4.42 Å². The highest BCUT2D eigenvalue weighted by atomic mass is 16.3. The van der Waals surface area contributed by atoms with Gasteiger partial charge in [0.05, 0.1) is 6.04 Å². The number of piperazine rings is 1. The van der Waals surface area contributed by atoms with E-state index in [1.165, 1.54) is 6.42 Å². The van der Waals surface area contributed by atoms with Crippen molar-refractivity contribution in [2.45, 2.75) is 44.7 Å². The average molecular weight is 291 g/mol. The highest BCUT2D eigenvalue weighted by Gasteiger charge is 2.38. The maximum Gasteiger partial charge on any atom is 0.122 e. The zero-order valence-electron chi connectivity index (χ0n) is 13.8. The van der Waals surface area contributed by atoms with Crippen molar-refractivity contribution in [1.82, 2.24) is 9.80 Å². The van der Waals surface area contributed by atoms with Gasteiger partial charge in [0.25, 0.3) is 0 Å². The van der Waals surface area contributed by atoms with E-state index in [-0.39, 0.29) is 11.6 Å². The van der Waals surface area contributed by atoms with Crippen LogP contribution < -0.4 is 5.73 Å². The van der Waals surface area contributed by atoms with E-state index in [2.05, 4.69) is 49.8 Å². The van der Waals surface area contributed by atoms with Gasteiger partial charge in [-0.25, -0.2) is 0 Å². The Morgan fingerprint density at radius 2 is 2.10 bits per heavy atom. The molecule has 0 spiro atoms. The summed E-state index contributed by atoms with van der Waals surface area (Å²) in [5, 5.41) is 0. The van der Waals surface area contributed by atoms with Gasteiger partial charge in [0.15, 0.2) is 0 Å². The lowest BCUT2D eigenvalue weighted by Gasteiger charge is -2.47. The minimum Gasteiger partial charge on any atom is -0.464 e. The van der Waals surface area contributed by atoms with E-state index in [1.54, 1.807) is 0 Å². The molecule has 0 radical (unpaired) electrons. The molecule has 1 aliphatic heterocycles. The second-order valence-electron chi connectivity index (χ2n) is 7.52. The minimum absolute atomic E-state index is 0.187. The molecule has 0 bridgehead atoms. The first kappa shape index (κ1) is 15.1. The fraction of sp³-hybridized carbons (Fsp3) is 0.765. The molecule has 1 aliphatic carbocycles. The molecule has 1 saturated heterocycles. The topological polar surface area (TPSA) is 45.6 Å². The van der Waals surface area contributed by atoms with Gasteiger partial charge in [0.2, 0.25) is 0 Å². The van der Waals surface area contributed by atoms with Crippen LogP contribution in [-0.2, 0) is 0 Å². The van der Waals surface area contributed by atoms with Crippen molar-refractivity contribution in [2.75, 3.05) is 33.2 Å². The summed E-state index contributed by atoms with van der Waals surface area (Å²) >= 11 is 0. The standard InChI is InChI=1S/C17H29N3O/c1-12-9-13(12)15-5-6-16(21-15)14(10-18)20-8-7-19(4)17(2,3)11-20/h5-6,12-14H,7-11,18H2,1-4H3. The summed E-state index contributed by atoms with van der Waals surface area (Å²) < 4.78 is 6.14. The lowest BCUT2D eigenvalue weighted by atomic mass is 9.98. The quantitative estimate of drug-likeness (QED) is 0.925. The van der Waals surface area contributed by atoms with Crippen LogP contribution in [0, 0.1) is 5.92 Å². The van der Waals surface area contributed by atoms with Gasteiger partial charge in [-0.05, 0) is 45.4 Å². The monoisotopic (exact) mass is 291 g/mol. The van der Waals surface area contributed by atoms with Crippen LogP contribution in [0.15, 0.2) is 16.5 Å². The van der Waals surface area contributed by atoms with Crippen LogP contribution in [0.25, 0.3) is 0 Å². The molecule has 2 heterocycles. The fourth-order valence-electron chi connectivity index (χ4n) is 3.45. The van der Waals surface area contributed by atoms with Gasteiger partial charge in [-0.3, -0.25) is 9.80 Å². The van der Waals surface area contributed by atoms with Crippen LogP contribution >= 0.6 is 0 Å². The number of hydrogen-bond acceptors (Lipinski definition) is 4. The summed E-state index contributed by atoms with van der Waals surface area (Å²) in [6.45, 7) is 10.7. The molecule has 4 heteroatoms. The normalized spacial score (nSPS) is 31.3. The SMILES string of the molecule is CC1CC1c1ccc(C(CN)N2CCN(C)C(C)(C)C2)o1. The highest BCUT2D eigenvalue weighted by molar-refractivity contribution is 5.19. The minimum atomic E-state index is 0.187. The molecular weight excluding hydrogens is 262 g/mol. The van der Waals surface area contributed by atoms with Crippen LogP contribution in [0.4, 0.5) is 0 Å². The number of hydrogen-bond donors (Lipinski definition) is 1. The average Bonchev–Trinajstić information content (AvgIpc) is 2.97. The molecule has 2 aliphatic rings. The predicted molar refractivity (Wildman–Crippen MR) is 85.3 cm³/mol. The van der Waals surface area contributed by atoms with E-state index in [0.717, 1.165) is 37.1 Å². The number of furan rings is 1. The smallest absolute Gasteiger partial charge is 0.122 e. The maximum absolute atomic E-state index is 6.14. The highest BCUT2D eigenvalue weighted by Crippen LogP contribution is 2.47. The third-order valence-corrected chi connectivity index (χ3v) is 5.46. The van der Waals surface area contributed by atoms with E-state index >= 15 is 0 Å². The maximum atomic E-state index is 6.14. The molecule has 1 aromatic rings. The summed E-state index contributed by atoms with van der Waals surface area (Å²) in [6.07, 6.45) is 1.27. The molecule has 2 fully saturated rings. The second kappa shape index (κ2) is 5.41. The molecule has 2 N–H and O–H groups in total. The molecule has 118 valence electrons. The van der Waals surface area contributed by atoms with Crippen molar-refractivity contribution >= 4 is 0 Å². The Morgan fingerprint density at radius 1 is 1.38 bits per heavy atom. The summed E-state index contributed by atoms with van der Waals surface area (Å²) in [5.41, 5.74) is 6.26. The van der Waals surface area contributed by atoms with Gasteiger partial charge in [0, 0.05) is 37.6 Å².